The van der Waals surface area contributed by atoms with E-state index in [4.69, 9.17) is 4.74 Å². The molecule has 1 aliphatic rings. The number of morpholine rings is 1. The first kappa shape index (κ1) is 25.8. The number of hydrogen-bond acceptors (Lipinski definition) is 4. The number of nitrogens with zero attached hydrogens (tertiary/aromatic N) is 2. The first-order valence-corrected chi connectivity index (χ1v) is 9.64. The molecule has 2 N–H and O–H groups in total. The summed E-state index contributed by atoms with van der Waals surface area (Å²) in [4.78, 5) is 6.77. The number of ether oxygens (including phenoxy) is 2. The van der Waals surface area contributed by atoms with Crippen LogP contribution in [-0.2, 0) is 11.3 Å². The Balaban J connectivity index is 0.00000420. The molecule has 0 saturated carbocycles. The maximum Gasteiger partial charge on any atom is 0.573 e. The van der Waals surface area contributed by atoms with Crippen molar-refractivity contribution < 1.29 is 22.6 Å². The van der Waals surface area contributed by atoms with Crippen LogP contribution in [0.25, 0.3) is 0 Å². The second kappa shape index (κ2) is 13.9. The number of aliphatic imine (C=N–C) groups is 1. The van der Waals surface area contributed by atoms with Crippen molar-refractivity contribution in [2.75, 3.05) is 45.9 Å². The van der Waals surface area contributed by atoms with Crippen molar-refractivity contribution in [2.45, 2.75) is 32.7 Å². The summed E-state index contributed by atoms with van der Waals surface area (Å²) in [5.74, 6) is 0.357. The lowest BCUT2D eigenvalue weighted by molar-refractivity contribution is -0.274. The van der Waals surface area contributed by atoms with Crippen LogP contribution in [0.15, 0.2) is 29.3 Å². The Bertz CT molecular complexity index is 611. The van der Waals surface area contributed by atoms with Crippen molar-refractivity contribution in [3.05, 3.63) is 29.8 Å². The fourth-order valence-electron chi connectivity index (χ4n) is 2.86. The highest BCUT2D eigenvalue weighted by Gasteiger charge is 2.31. The van der Waals surface area contributed by atoms with Crippen LogP contribution < -0.4 is 15.4 Å². The van der Waals surface area contributed by atoms with Gasteiger partial charge in [-0.05, 0) is 32.4 Å². The van der Waals surface area contributed by atoms with Crippen LogP contribution in [0, 0.1) is 0 Å². The fraction of sp³-hybridized carbons (Fsp3) is 0.632. The van der Waals surface area contributed by atoms with E-state index in [2.05, 4.69) is 25.3 Å². The molecule has 1 heterocycles. The summed E-state index contributed by atoms with van der Waals surface area (Å²) in [5, 5.41) is 6.34. The second-order valence-corrected chi connectivity index (χ2v) is 6.44. The van der Waals surface area contributed by atoms with Gasteiger partial charge in [-0.2, -0.15) is 0 Å². The largest absolute Gasteiger partial charge is 0.573 e. The molecular formula is C19H30F3IN4O2. The smallest absolute Gasteiger partial charge is 0.405 e. The molecular weight excluding hydrogens is 500 g/mol. The fourth-order valence-corrected chi connectivity index (χ4v) is 2.86. The van der Waals surface area contributed by atoms with Gasteiger partial charge in [0.25, 0.3) is 0 Å². The van der Waals surface area contributed by atoms with E-state index in [1.807, 2.05) is 6.92 Å². The molecule has 0 spiro atoms. The molecule has 29 heavy (non-hydrogen) atoms. The Morgan fingerprint density at radius 1 is 1.17 bits per heavy atom. The Morgan fingerprint density at radius 2 is 1.90 bits per heavy atom. The molecule has 0 aliphatic carbocycles. The summed E-state index contributed by atoms with van der Waals surface area (Å²) >= 11 is 0. The Kier molecular flexibility index (Phi) is 12.3. The molecule has 0 aromatic heterocycles. The quantitative estimate of drug-likeness (QED) is 0.222. The Labute approximate surface area is 187 Å². The van der Waals surface area contributed by atoms with Crippen LogP contribution >= 0.6 is 24.0 Å². The molecule has 2 rings (SSSR count). The summed E-state index contributed by atoms with van der Waals surface area (Å²) in [6.07, 6.45) is -2.67. The lowest BCUT2D eigenvalue weighted by Crippen LogP contribution is -2.39. The van der Waals surface area contributed by atoms with Crippen LogP contribution in [-0.4, -0.2) is 63.2 Å². The van der Waals surface area contributed by atoms with E-state index in [-0.39, 0.29) is 36.3 Å². The number of benzene rings is 1. The Morgan fingerprint density at radius 3 is 2.59 bits per heavy atom. The van der Waals surface area contributed by atoms with Gasteiger partial charge in [-0.3, -0.25) is 4.90 Å². The molecule has 1 saturated heterocycles. The first-order chi connectivity index (χ1) is 13.5. The zero-order valence-corrected chi connectivity index (χ0v) is 19.0. The van der Waals surface area contributed by atoms with Gasteiger partial charge in [-0.15, -0.1) is 37.1 Å². The number of halogens is 4. The van der Waals surface area contributed by atoms with Gasteiger partial charge in [-0.1, -0.05) is 18.2 Å². The van der Waals surface area contributed by atoms with Gasteiger partial charge in [0.2, 0.25) is 0 Å². The van der Waals surface area contributed by atoms with Gasteiger partial charge in [0.15, 0.2) is 5.96 Å². The summed E-state index contributed by atoms with van der Waals surface area (Å²) in [5.41, 5.74) is 0.379. The average Bonchev–Trinajstić information content (AvgIpc) is 2.66. The highest BCUT2D eigenvalue weighted by Crippen LogP contribution is 2.26. The SMILES string of the molecule is CCNC(=NCc1ccccc1OC(F)(F)F)NCCCCN1CCOCC1.I. The third kappa shape index (κ3) is 10.9. The Hall–Kier alpha value is -1.27. The van der Waals surface area contributed by atoms with Crippen molar-refractivity contribution in [1.29, 1.82) is 0 Å². The average molecular weight is 530 g/mol. The van der Waals surface area contributed by atoms with Crippen LogP contribution in [0.3, 0.4) is 0 Å². The maximum absolute atomic E-state index is 12.5. The van der Waals surface area contributed by atoms with Crippen LogP contribution in [0.2, 0.25) is 0 Å². The molecule has 1 aromatic carbocycles. The molecule has 10 heteroatoms. The van der Waals surface area contributed by atoms with Crippen LogP contribution in [0.5, 0.6) is 5.75 Å². The third-order valence-corrected chi connectivity index (χ3v) is 4.25. The number of unbranched alkanes of at least 4 members (excludes halogenated alkanes) is 1. The van der Waals surface area contributed by atoms with Gasteiger partial charge in [-0.25, -0.2) is 4.99 Å². The van der Waals surface area contributed by atoms with E-state index in [0.29, 0.717) is 18.1 Å². The lowest BCUT2D eigenvalue weighted by atomic mass is 10.2. The molecule has 1 aliphatic heterocycles. The molecule has 1 aromatic rings. The van der Waals surface area contributed by atoms with Crippen molar-refractivity contribution in [3.8, 4) is 5.75 Å². The predicted molar refractivity (Wildman–Crippen MR) is 118 cm³/mol. The second-order valence-electron chi connectivity index (χ2n) is 6.44. The van der Waals surface area contributed by atoms with Crippen LogP contribution in [0.4, 0.5) is 13.2 Å². The summed E-state index contributed by atoms with van der Waals surface area (Å²) in [6.45, 7) is 8.06. The number of nitrogens with one attached hydrogen (secondary N) is 2. The van der Waals surface area contributed by atoms with Crippen molar-refractivity contribution in [1.82, 2.24) is 15.5 Å². The number of alkyl halides is 3. The minimum Gasteiger partial charge on any atom is -0.405 e. The van der Waals surface area contributed by atoms with Crippen molar-refractivity contribution in [2.24, 2.45) is 4.99 Å². The molecule has 0 amide bonds. The summed E-state index contributed by atoms with van der Waals surface area (Å²) in [7, 11) is 0. The molecule has 0 unspecified atom stereocenters. The van der Waals surface area contributed by atoms with E-state index in [1.165, 1.54) is 12.1 Å². The predicted octanol–water partition coefficient (Wildman–Crippen LogP) is 3.37. The number of guanidine groups is 1. The van der Waals surface area contributed by atoms with Gasteiger partial charge in [0, 0.05) is 31.7 Å². The number of rotatable bonds is 9. The van der Waals surface area contributed by atoms with E-state index in [9.17, 15) is 13.2 Å². The van der Waals surface area contributed by atoms with Gasteiger partial charge < -0.3 is 20.1 Å². The maximum atomic E-state index is 12.5. The number of hydrogen-bond donors (Lipinski definition) is 2. The third-order valence-electron chi connectivity index (χ3n) is 4.25. The van der Waals surface area contributed by atoms with Gasteiger partial charge in [0.1, 0.15) is 5.75 Å². The van der Waals surface area contributed by atoms with E-state index in [0.717, 1.165) is 52.2 Å². The summed E-state index contributed by atoms with van der Waals surface area (Å²) in [6, 6.07) is 6.05. The normalized spacial score (nSPS) is 15.5. The molecule has 0 atom stereocenters. The highest BCUT2D eigenvalue weighted by molar-refractivity contribution is 14.0. The summed E-state index contributed by atoms with van der Waals surface area (Å²) < 4.78 is 47.0. The standard InChI is InChI=1S/C19H29F3N4O2.HI/c1-2-23-18(24-9-5-6-10-26-11-13-27-14-12-26)25-15-16-7-3-4-8-17(16)28-19(20,21)22;/h3-4,7-8H,2,5-6,9-15H2,1H3,(H2,23,24,25);1H. The van der Waals surface area contributed by atoms with Crippen molar-refractivity contribution >= 4 is 29.9 Å². The topological polar surface area (TPSA) is 58.1 Å². The van der Waals surface area contributed by atoms with Crippen molar-refractivity contribution in [3.63, 3.8) is 0 Å². The number of para-hydroxylation sites is 1. The van der Waals surface area contributed by atoms with E-state index >= 15 is 0 Å². The monoisotopic (exact) mass is 530 g/mol. The molecule has 0 radical (unpaired) electrons. The lowest BCUT2D eigenvalue weighted by Gasteiger charge is -2.26. The minimum absolute atomic E-state index is 0. The molecule has 166 valence electrons. The highest BCUT2D eigenvalue weighted by atomic mass is 127. The zero-order valence-electron chi connectivity index (χ0n) is 16.6. The molecule has 0 bridgehead atoms. The van der Waals surface area contributed by atoms with E-state index < -0.39 is 6.36 Å². The first-order valence-electron chi connectivity index (χ1n) is 9.64. The minimum atomic E-state index is -4.72. The van der Waals surface area contributed by atoms with Gasteiger partial charge >= 0.3 is 6.36 Å². The van der Waals surface area contributed by atoms with Gasteiger partial charge in [0.05, 0.1) is 19.8 Å². The van der Waals surface area contributed by atoms with Crippen LogP contribution in [0.1, 0.15) is 25.3 Å². The molecule has 1 fully saturated rings. The molecule has 6 nitrogen and oxygen atoms in total. The van der Waals surface area contributed by atoms with E-state index in [1.54, 1.807) is 12.1 Å². The zero-order chi connectivity index (χ0) is 20.2.